The number of hydrogen-bond donors (Lipinski definition) is 3. The first-order valence-electron chi connectivity index (χ1n) is 11.1. The topological polar surface area (TPSA) is 83.1 Å². The van der Waals surface area contributed by atoms with E-state index >= 15 is 0 Å². The highest BCUT2D eigenvalue weighted by Gasteiger charge is 2.29. The van der Waals surface area contributed by atoms with Crippen molar-refractivity contribution in [2.24, 2.45) is 5.92 Å². The van der Waals surface area contributed by atoms with Crippen LogP contribution < -0.4 is 16.0 Å². The van der Waals surface area contributed by atoms with E-state index in [2.05, 4.69) is 20.9 Å². The molecule has 1 saturated heterocycles. The number of aromatic nitrogens is 1. The first kappa shape index (κ1) is 21.4. The number of hydrogen-bond acceptors (Lipinski definition) is 4. The summed E-state index contributed by atoms with van der Waals surface area (Å²) in [6.07, 6.45) is 6.78. The van der Waals surface area contributed by atoms with E-state index in [1.54, 1.807) is 24.3 Å². The van der Waals surface area contributed by atoms with Gasteiger partial charge in [-0.1, -0.05) is 18.6 Å². The van der Waals surface area contributed by atoms with E-state index in [1.165, 1.54) is 18.3 Å². The molecule has 2 aromatic rings. The van der Waals surface area contributed by atoms with Crippen LogP contribution in [0.5, 0.6) is 0 Å². The number of piperidine rings is 1. The second kappa shape index (κ2) is 10.0. The van der Waals surface area contributed by atoms with Crippen LogP contribution in [-0.4, -0.2) is 42.0 Å². The highest BCUT2D eigenvalue weighted by atomic mass is 19.1. The highest BCUT2D eigenvalue weighted by molar-refractivity contribution is 5.94. The van der Waals surface area contributed by atoms with Crippen molar-refractivity contribution in [2.45, 2.75) is 50.6 Å². The molecule has 7 heteroatoms. The predicted molar refractivity (Wildman–Crippen MR) is 117 cm³/mol. The fourth-order valence-electron chi connectivity index (χ4n) is 4.46. The number of benzene rings is 1. The third kappa shape index (κ3) is 5.67. The van der Waals surface area contributed by atoms with Gasteiger partial charge in [0.2, 0.25) is 5.91 Å². The molecule has 164 valence electrons. The molecule has 6 nitrogen and oxygen atoms in total. The van der Waals surface area contributed by atoms with Gasteiger partial charge < -0.3 is 16.0 Å². The Hall–Kier alpha value is -2.80. The first-order chi connectivity index (χ1) is 15.1. The lowest BCUT2D eigenvalue weighted by Gasteiger charge is -2.31. The van der Waals surface area contributed by atoms with Crippen LogP contribution in [0.15, 0.2) is 42.6 Å². The normalized spacial score (nSPS) is 22.0. The molecule has 1 saturated carbocycles. The number of amides is 2. The van der Waals surface area contributed by atoms with Gasteiger partial charge in [-0.3, -0.25) is 14.6 Å². The van der Waals surface area contributed by atoms with Crippen molar-refractivity contribution in [3.05, 3.63) is 54.0 Å². The monoisotopic (exact) mass is 424 g/mol. The van der Waals surface area contributed by atoms with E-state index in [0.29, 0.717) is 23.2 Å². The van der Waals surface area contributed by atoms with Crippen LogP contribution in [0, 0.1) is 11.7 Å². The number of rotatable bonds is 5. The number of carbonyl (C=O) groups excluding carboxylic acids is 2. The molecule has 2 amide bonds. The smallest absolute Gasteiger partial charge is 0.253 e. The van der Waals surface area contributed by atoms with E-state index in [0.717, 1.165) is 45.2 Å². The summed E-state index contributed by atoms with van der Waals surface area (Å²) in [7, 11) is 0. The third-order valence-electron chi connectivity index (χ3n) is 6.21. The van der Waals surface area contributed by atoms with Crippen LogP contribution in [0.1, 0.15) is 48.9 Å². The summed E-state index contributed by atoms with van der Waals surface area (Å²) in [5.41, 5.74) is 1.74. The molecule has 1 aliphatic heterocycles. The summed E-state index contributed by atoms with van der Waals surface area (Å²) >= 11 is 0. The number of nitrogens with zero attached hydrogens (tertiary/aromatic N) is 1. The molecule has 3 N–H and O–H groups in total. The molecule has 2 fully saturated rings. The van der Waals surface area contributed by atoms with Gasteiger partial charge >= 0.3 is 0 Å². The van der Waals surface area contributed by atoms with E-state index in [1.807, 2.05) is 0 Å². The van der Waals surface area contributed by atoms with E-state index in [9.17, 15) is 14.0 Å². The fraction of sp³-hybridized carbons (Fsp3) is 0.458. The number of carbonyl (C=O) groups is 2. The molecule has 1 unspecified atom stereocenters. The van der Waals surface area contributed by atoms with E-state index in [-0.39, 0.29) is 35.6 Å². The van der Waals surface area contributed by atoms with Crippen molar-refractivity contribution in [1.82, 2.24) is 20.9 Å². The summed E-state index contributed by atoms with van der Waals surface area (Å²) in [5.74, 6) is -0.450. The molecule has 0 spiro atoms. The molecule has 1 aromatic carbocycles. The van der Waals surface area contributed by atoms with Crippen molar-refractivity contribution in [1.29, 1.82) is 0 Å². The standard InChI is InChI=1S/C24H29FN4O2/c25-19-5-1-3-16(13-19)22-8-7-18(15-27-22)24(31)29-21-6-2-4-17(14-21)23(30)28-20-9-11-26-12-10-20/h1,3,5,7-8,13,15,17,20-21,26H,2,4,6,9-12,14H2,(H,28,30)(H,29,31)/t17-,21?/m0/s1. The second-order valence-corrected chi connectivity index (χ2v) is 8.51. The van der Waals surface area contributed by atoms with Crippen molar-refractivity contribution >= 4 is 11.8 Å². The number of pyridine rings is 1. The van der Waals surface area contributed by atoms with Gasteiger partial charge in [-0.15, -0.1) is 0 Å². The maximum Gasteiger partial charge on any atom is 0.253 e. The lowest BCUT2D eigenvalue weighted by molar-refractivity contribution is -0.127. The van der Waals surface area contributed by atoms with Crippen molar-refractivity contribution in [2.75, 3.05) is 13.1 Å². The summed E-state index contributed by atoms with van der Waals surface area (Å²) < 4.78 is 13.4. The zero-order chi connectivity index (χ0) is 21.6. The first-order valence-corrected chi connectivity index (χ1v) is 11.1. The molecule has 2 heterocycles. The van der Waals surface area contributed by atoms with Crippen LogP contribution in [0.2, 0.25) is 0 Å². The Labute approximate surface area is 182 Å². The third-order valence-corrected chi connectivity index (χ3v) is 6.21. The van der Waals surface area contributed by atoms with Crippen LogP contribution in [0.3, 0.4) is 0 Å². The lowest BCUT2D eigenvalue weighted by atomic mass is 9.84. The molecule has 1 aromatic heterocycles. The van der Waals surface area contributed by atoms with Crippen LogP contribution >= 0.6 is 0 Å². The Kier molecular flexibility index (Phi) is 6.92. The Morgan fingerprint density at radius 1 is 1.00 bits per heavy atom. The van der Waals surface area contributed by atoms with Gasteiger partial charge in [0.1, 0.15) is 5.82 Å². The molecule has 4 rings (SSSR count). The maximum atomic E-state index is 13.4. The SMILES string of the molecule is O=C(NC1CCC[C@H](C(=O)NC2CCNCC2)C1)c1ccc(-c2cccc(F)c2)nc1. The zero-order valence-electron chi connectivity index (χ0n) is 17.6. The minimum absolute atomic E-state index is 0.0204. The summed E-state index contributed by atoms with van der Waals surface area (Å²) in [6.45, 7) is 1.89. The van der Waals surface area contributed by atoms with Crippen LogP contribution in [0.25, 0.3) is 11.3 Å². The summed E-state index contributed by atoms with van der Waals surface area (Å²) in [5, 5.41) is 9.56. The Morgan fingerprint density at radius 3 is 2.58 bits per heavy atom. The van der Waals surface area contributed by atoms with E-state index in [4.69, 9.17) is 0 Å². The van der Waals surface area contributed by atoms with E-state index < -0.39 is 0 Å². The molecular weight excluding hydrogens is 395 g/mol. The Bertz CT molecular complexity index is 912. The lowest BCUT2D eigenvalue weighted by Crippen LogP contribution is -2.47. The van der Waals surface area contributed by atoms with Crippen molar-refractivity contribution in [3.8, 4) is 11.3 Å². The van der Waals surface area contributed by atoms with Crippen molar-refractivity contribution in [3.63, 3.8) is 0 Å². The van der Waals surface area contributed by atoms with Gasteiger partial charge in [0.05, 0.1) is 11.3 Å². The quantitative estimate of drug-likeness (QED) is 0.689. The molecular formula is C24H29FN4O2. The van der Waals surface area contributed by atoms with Gasteiger partial charge in [-0.05, 0) is 69.5 Å². The van der Waals surface area contributed by atoms with Crippen LogP contribution in [-0.2, 0) is 4.79 Å². The van der Waals surface area contributed by atoms with Gasteiger partial charge in [0, 0.05) is 29.8 Å². The molecule has 0 radical (unpaired) electrons. The number of halogens is 1. The van der Waals surface area contributed by atoms with Gasteiger partial charge in [-0.25, -0.2) is 4.39 Å². The Balaban J connectivity index is 1.32. The van der Waals surface area contributed by atoms with Crippen molar-refractivity contribution < 1.29 is 14.0 Å². The Morgan fingerprint density at radius 2 is 1.84 bits per heavy atom. The molecule has 1 aliphatic carbocycles. The van der Waals surface area contributed by atoms with Gasteiger partial charge in [0.25, 0.3) is 5.91 Å². The predicted octanol–water partition coefficient (Wildman–Crippen LogP) is 3.04. The molecule has 2 aliphatic rings. The van der Waals surface area contributed by atoms with Gasteiger partial charge in [-0.2, -0.15) is 0 Å². The zero-order valence-corrected chi connectivity index (χ0v) is 17.6. The molecule has 2 atom stereocenters. The fourth-order valence-corrected chi connectivity index (χ4v) is 4.46. The maximum absolute atomic E-state index is 13.4. The minimum Gasteiger partial charge on any atom is -0.353 e. The minimum atomic E-state index is -0.322. The highest BCUT2D eigenvalue weighted by Crippen LogP contribution is 2.25. The molecule has 31 heavy (non-hydrogen) atoms. The average molecular weight is 425 g/mol. The summed E-state index contributed by atoms with van der Waals surface area (Å²) in [6, 6.07) is 9.87. The molecule has 0 bridgehead atoms. The summed E-state index contributed by atoms with van der Waals surface area (Å²) in [4.78, 5) is 29.7. The number of nitrogens with one attached hydrogen (secondary N) is 3. The second-order valence-electron chi connectivity index (χ2n) is 8.51. The largest absolute Gasteiger partial charge is 0.353 e. The van der Waals surface area contributed by atoms with Crippen LogP contribution in [0.4, 0.5) is 4.39 Å². The average Bonchev–Trinajstić information content (AvgIpc) is 2.80. The van der Waals surface area contributed by atoms with Gasteiger partial charge in [0.15, 0.2) is 0 Å².